The van der Waals surface area contributed by atoms with Crippen LogP contribution in [-0.2, 0) is 4.74 Å². The first kappa shape index (κ1) is 55.1. The average molecular weight is 1040 g/mol. The quantitative estimate of drug-likeness (QED) is 0.0912. The molecule has 1 saturated heterocycles. The van der Waals surface area contributed by atoms with E-state index in [1.165, 1.54) is 72.8 Å². The highest BCUT2D eigenvalue weighted by Gasteiger charge is 2.32. The molecule has 0 bridgehead atoms. The number of nitrogens with one attached hydrogen (secondary N) is 1. The number of nitriles is 2. The van der Waals surface area contributed by atoms with Crippen LogP contribution in [0.1, 0.15) is 71.9 Å². The van der Waals surface area contributed by atoms with Gasteiger partial charge in [-0.2, -0.15) is 20.5 Å². The molecule has 0 aliphatic carbocycles. The van der Waals surface area contributed by atoms with Crippen LogP contribution in [0.2, 0.25) is 0 Å². The number of halogens is 6. The molecule has 1 aliphatic heterocycles. The molecule has 0 unspecified atom stereocenters. The van der Waals surface area contributed by atoms with E-state index in [0.29, 0.717) is 48.2 Å². The highest BCUT2D eigenvalue weighted by molar-refractivity contribution is 5.96. The number of aromatic carboxylic acids is 1. The van der Waals surface area contributed by atoms with E-state index in [1.54, 1.807) is 49.9 Å². The Bertz CT molecular complexity index is 3000. The minimum absolute atomic E-state index is 0.0109. The van der Waals surface area contributed by atoms with Gasteiger partial charge in [-0.15, -0.1) is 26.3 Å². The second-order valence-electron chi connectivity index (χ2n) is 17.0. The summed E-state index contributed by atoms with van der Waals surface area (Å²) in [6, 6.07) is 31.1. The predicted molar refractivity (Wildman–Crippen MR) is 252 cm³/mol. The van der Waals surface area contributed by atoms with Crippen LogP contribution in [0, 0.1) is 28.6 Å². The standard InChI is InChI=1S/C32H33F3N4O6.C20H11F3N2O5/c1-31(2,3)45-30(41)37-17-14-21-15-18-39(19-16-21)29(40)26-12-13-27(42-23-6-4-22(20-36)5-7-23)38-28(26)43-24-8-10-25(11-9-24)44-32(33,34)35;21-20(22,23)30-15-7-5-14(6-8-15)29-18-16(19(26)27)9-10-17(25-18)28-13-3-1-12(11-24)2-4-13/h4-13,21H,14-19H2,1-3H3,(H,37,41);1-10H,(H,26,27). The number of piperidine rings is 1. The number of alkyl carbamates (subject to hydrolysis) is 1. The van der Waals surface area contributed by atoms with Gasteiger partial charge in [0.2, 0.25) is 23.5 Å². The van der Waals surface area contributed by atoms with Gasteiger partial charge in [0, 0.05) is 31.8 Å². The molecule has 4 aromatic carbocycles. The predicted octanol–water partition coefficient (Wildman–Crippen LogP) is 12.3. The first-order valence-corrected chi connectivity index (χ1v) is 22.5. The number of carbonyl (C=O) groups excluding carboxylic acids is 2. The second-order valence-corrected chi connectivity index (χ2v) is 17.0. The first-order valence-electron chi connectivity index (χ1n) is 22.5. The molecule has 23 heteroatoms. The Hall–Kier alpha value is -9.25. The third-order valence-corrected chi connectivity index (χ3v) is 10.2. The number of nitrogens with zero attached hydrogens (tertiary/aromatic N) is 5. The van der Waals surface area contributed by atoms with E-state index in [2.05, 4.69) is 24.8 Å². The molecule has 0 spiro atoms. The topological polar surface area (TPSA) is 225 Å². The van der Waals surface area contributed by atoms with E-state index in [0.717, 1.165) is 43.5 Å². The Labute approximate surface area is 424 Å². The van der Waals surface area contributed by atoms with Crippen LogP contribution in [0.25, 0.3) is 0 Å². The van der Waals surface area contributed by atoms with Gasteiger partial charge in [0.1, 0.15) is 51.2 Å². The summed E-state index contributed by atoms with van der Waals surface area (Å²) in [5.74, 6) is -1.64. The molecule has 6 aromatic rings. The summed E-state index contributed by atoms with van der Waals surface area (Å²) in [4.78, 5) is 47.0. The molecule has 0 atom stereocenters. The molecule has 1 fully saturated rings. The molecule has 7 rings (SSSR count). The van der Waals surface area contributed by atoms with Crippen molar-refractivity contribution in [3.05, 3.63) is 144 Å². The van der Waals surface area contributed by atoms with Crippen molar-refractivity contribution in [3.8, 4) is 70.2 Å². The van der Waals surface area contributed by atoms with Crippen molar-refractivity contribution in [1.82, 2.24) is 20.2 Å². The Morgan fingerprint density at radius 3 is 1.39 bits per heavy atom. The van der Waals surface area contributed by atoms with Gasteiger partial charge in [0.15, 0.2) is 0 Å². The van der Waals surface area contributed by atoms with Gasteiger partial charge in [-0.25, -0.2) is 9.59 Å². The molecule has 0 saturated carbocycles. The van der Waals surface area contributed by atoms with Crippen LogP contribution in [0.4, 0.5) is 31.1 Å². The van der Waals surface area contributed by atoms with Crippen molar-refractivity contribution < 1.29 is 79.0 Å². The molecule has 2 aromatic heterocycles. The third kappa shape index (κ3) is 17.8. The fourth-order valence-corrected chi connectivity index (χ4v) is 6.81. The summed E-state index contributed by atoms with van der Waals surface area (Å²) >= 11 is 0. The molecule has 1 aliphatic rings. The molecule has 75 heavy (non-hydrogen) atoms. The third-order valence-electron chi connectivity index (χ3n) is 10.2. The van der Waals surface area contributed by atoms with Crippen LogP contribution in [0.15, 0.2) is 121 Å². The number of rotatable bonds is 15. The number of hydrogen-bond donors (Lipinski definition) is 2. The van der Waals surface area contributed by atoms with Gasteiger partial charge < -0.3 is 48.5 Å². The maximum atomic E-state index is 13.6. The van der Waals surface area contributed by atoms with E-state index >= 15 is 0 Å². The molecular formula is C52H44F6N6O11. The van der Waals surface area contributed by atoms with E-state index in [4.69, 9.17) is 34.2 Å². The number of hydrogen-bond acceptors (Lipinski definition) is 14. The molecule has 390 valence electrons. The van der Waals surface area contributed by atoms with E-state index in [1.807, 2.05) is 12.1 Å². The molecule has 3 heterocycles. The van der Waals surface area contributed by atoms with Crippen LogP contribution < -0.4 is 33.7 Å². The normalized spacial score (nSPS) is 12.6. The summed E-state index contributed by atoms with van der Waals surface area (Å²) in [5, 5.41) is 29.9. The number of alkyl halides is 6. The first-order chi connectivity index (χ1) is 35.5. The largest absolute Gasteiger partial charge is 0.573 e. The molecule has 0 radical (unpaired) electrons. The van der Waals surface area contributed by atoms with Crippen LogP contribution >= 0.6 is 0 Å². The minimum atomic E-state index is -4.84. The zero-order chi connectivity index (χ0) is 54.3. The van der Waals surface area contributed by atoms with Crippen molar-refractivity contribution in [2.45, 2.75) is 58.4 Å². The maximum absolute atomic E-state index is 13.6. The fourth-order valence-electron chi connectivity index (χ4n) is 6.81. The second kappa shape index (κ2) is 24.4. The monoisotopic (exact) mass is 1040 g/mol. The van der Waals surface area contributed by atoms with Crippen molar-refractivity contribution in [3.63, 3.8) is 0 Å². The number of carbonyl (C=O) groups is 3. The lowest BCUT2D eigenvalue weighted by Gasteiger charge is -2.32. The molecule has 2 N–H and O–H groups in total. The van der Waals surface area contributed by atoms with Gasteiger partial charge in [0.25, 0.3) is 5.91 Å². The van der Waals surface area contributed by atoms with Crippen LogP contribution in [0.3, 0.4) is 0 Å². The number of carboxylic acids is 1. The van der Waals surface area contributed by atoms with Crippen LogP contribution in [0.5, 0.6) is 58.0 Å². The van der Waals surface area contributed by atoms with Gasteiger partial charge in [0.05, 0.1) is 23.3 Å². The zero-order valence-electron chi connectivity index (χ0n) is 39.9. The van der Waals surface area contributed by atoms with E-state index < -0.39 is 41.9 Å². The number of pyridine rings is 2. The summed E-state index contributed by atoms with van der Waals surface area (Å²) < 4.78 is 110. The van der Waals surface area contributed by atoms with Gasteiger partial charge in [-0.3, -0.25) is 4.79 Å². The zero-order valence-corrected chi connectivity index (χ0v) is 39.9. The number of aromatic nitrogens is 2. The summed E-state index contributed by atoms with van der Waals surface area (Å²) in [6.07, 6.45) is -7.95. The lowest BCUT2D eigenvalue weighted by atomic mass is 9.93. The van der Waals surface area contributed by atoms with Crippen molar-refractivity contribution in [2.24, 2.45) is 5.92 Å². The Morgan fingerprint density at radius 2 is 0.987 bits per heavy atom. The Balaban J connectivity index is 0.000000264. The minimum Gasteiger partial charge on any atom is -0.477 e. The number of ether oxygens (including phenoxy) is 7. The van der Waals surface area contributed by atoms with Crippen molar-refractivity contribution >= 4 is 18.0 Å². The highest BCUT2D eigenvalue weighted by atomic mass is 19.4. The van der Waals surface area contributed by atoms with Crippen molar-refractivity contribution in [1.29, 1.82) is 10.5 Å². The number of benzene rings is 4. The van der Waals surface area contributed by atoms with E-state index in [-0.39, 0.29) is 52.1 Å². The van der Waals surface area contributed by atoms with E-state index in [9.17, 15) is 45.8 Å². The lowest BCUT2D eigenvalue weighted by molar-refractivity contribution is -0.275. The smallest absolute Gasteiger partial charge is 0.477 e. The molecular weight excluding hydrogens is 999 g/mol. The lowest BCUT2D eigenvalue weighted by Crippen LogP contribution is -2.39. The number of likely N-dealkylation sites (tertiary alicyclic amines) is 1. The van der Waals surface area contributed by atoms with Gasteiger partial charge in [-0.05, 0) is 155 Å². The van der Waals surface area contributed by atoms with Gasteiger partial charge in [-0.1, -0.05) is 0 Å². The fraction of sp³-hybridized carbons (Fsp3) is 0.250. The van der Waals surface area contributed by atoms with Crippen LogP contribution in [-0.4, -0.2) is 75.9 Å². The Morgan fingerprint density at radius 1 is 0.600 bits per heavy atom. The number of carboxylic acid groups (broad SMARTS) is 1. The van der Waals surface area contributed by atoms with Crippen molar-refractivity contribution in [2.75, 3.05) is 19.6 Å². The highest BCUT2D eigenvalue weighted by Crippen LogP contribution is 2.34. The summed E-state index contributed by atoms with van der Waals surface area (Å²) in [6.45, 7) is 6.80. The number of amides is 2. The average Bonchev–Trinajstić information content (AvgIpc) is 3.34. The van der Waals surface area contributed by atoms with Gasteiger partial charge >= 0.3 is 24.8 Å². The Kier molecular flexibility index (Phi) is 18.0. The molecule has 17 nitrogen and oxygen atoms in total. The SMILES string of the molecule is CC(C)(C)OC(=O)NCCC1CCN(C(=O)c2ccc(Oc3ccc(C#N)cc3)nc2Oc2ccc(OC(F)(F)F)cc2)CC1.N#Cc1ccc(Oc2ccc(C(=O)O)c(Oc3ccc(OC(F)(F)F)cc3)n2)cc1. The summed E-state index contributed by atoms with van der Waals surface area (Å²) in [5.41, 5.74) is 0.159. The maximum Gasteiger partial charge on any atom is 0.573 e. The summed E-state index contributed by atoms with van der Waals surface area (Å²) in [7, 11) is 0. The molecule has 2 amide bonds.